The number of carboxylic acid groups (broad SMARTS) is 1. The third kappa shape index (κ3) is 9.41. The fourth-order valence-electron chi connectivity index (χ4n) is 0.632. The van der Waals surface area contributed by atoms with E-state index in [0.717, 1.165) is 6.92 Å². The normalized spacial score (nSPS) is 10.4. The van der Waals surface area contributed by atoms with Gasteiger partial charge in [-0.2, -0.15) is 5.26 Å². The van der Waals surface area contributed by atoms with E-state index in [1.807, 2.05) is 0 Å². The van der Waals surface area contributed by atoms with Crippen molar-refractivity contribution >= 4 is 23.5 Å². The van der Waals surface area contributed by atoms with Gasteiger partial charge in [0, 0.05) is 6.92 Å². The molecule has 0 aromatic carbocycles. The van der Waals surface area contributed by atoms with Gasteiger partial charge in [0.15, 0.2) is 5.84 Å². The molecule has 0 atom stereocenters. The van der Waals surface area contributed by atoms with Gasteiger partial charge in [-0.3, -0.25) is 10.2 Å². The van der Waals surface area contributed by atoms with E-state index in [2.05, 4.69) is 5.16 Å². The van der Waals surface area contributed by atoms with Crippen LogP contribution in [0.4, 0.5) is 0 Å². The highest BCUT2D eigenvalue weighted by molar-refractivity contribution is 6.45. The standard InChI is InChI=1S/C9H14N4O3.C2H4O2/c1-4-15-8(14)9(2,3)16-13-6(5-10)7(11)12;1-2(3)4/h4H2,1-3H3,(H3,11,12);1H3,(H,3,4)/b13-6+;. The van der Waals surface area contributed by atoms with Crippen molar-refractivity contribution in [2.45, 2.75) is 33.3 Å². The number of aliphatic carboxylic acids is 1. The van der Waals surface area contributed by atoms with Crippen LogP contribution in [-0.4, -0.2) is 40.8 Å². The Hall–Kier alpha value is -2.63. The molecule has 0 aliphatic heterocycles. The third-order valence-electron chi connectivity index (χ3n) is 1.49. The monoisotopic (exact) mass is 286 g/mol. The zero-order valence-electron chi connectivity index (χ0n) is 11.8. The van der Waals surface area contributed by atoms with Crippen LogP contribution in [0.2, 0.25) is 0 Å². The zero-order chi connectivity index (χ0) is 16.3. The van der Waals surface area contributed by atoms with E-state index in [1.165, 1.54) is 13.8 Å². The fraction of sp³-hybridized carbons (Fsp3) is 0.545. The van der Waals surface area contributed by atoms with E-state index in [-0.39, 0.29) is 6.61 Å². The molecule has 20 heavy (non-hydrogen) atoms. The maximum atomic E-state index is 11.4. The minimum absolute atomic E-state index is 0.215. The van der Waals surface area contributed by atoms with Gasteiger partial charge >= 0.3 is 5.97 Å². The number of esters is 1. The number of ether oxygens (including phenoxy) is 1. The number of carbonyl (C=O) groups excluding carboxylic acids is 1. The summed E-state index contributed by atoms with van der Waals surface area (Å²) in [7, 11) is 0. The van der Waals surface area contributed by atoms with Gasteiger partial charge in [-0.15, -0.1) is 0 Å². The number of carboxylic acids is 1. The maximum Gasteiger partial charge on any atom is 0.352 e. The van der Waals surface area contributed by atoms with Crippen molar-refractivity contribution in [2.24, 2.45) is 10.9 Å². The molecule has 9 nitrogen and oxygen atoms in total. The Morgan fingerprint density at radius 3 is 2.25 bits per heavy atom. The number of nitrogens with zero attached hydrogens (tertiary/aromatic N) is 2. The summed E-state index contributed by atoms with van der Waals surface area (Å²) in [6.07, 6.45) is 0. The summed E-state index contributed by atoms with van der Waals surface area (Å²) in [4.78, 5) is 25.2. The number of carbonyl (C=O) groups is 2. The number of nitriles is 1. The maximum absolute atomic E-state index is 11.4. The van der Waals surface area contributed by atoms with Gasteiger partial charge in [-0.05, 0) is 20.8 Å². The Balaban J connectivity index is 0. The lowest BCUT2D eigenvalue weighted by molar-refractivity contribution is -0.167. The molecule has 0 aromatic rings. The molecular weight excluding hydrogens is 268 g/mol. The van der Waals surface area contributed by atoms with Gasteiger partial charge in [0.25, 0.3) is 5.97 Å². The molecule has 0 aliphatic rings. The van der Waals surface area contributed by atoms with Gasteiger partial charge < -0.3 is 20.4 Å². The van der Waals surface area contributed by atoms with Gasteiger partial charge in [0.2, 0.25) is 11.3 Å². The second kappa shape index (κ2) is 9.32. The van der Waals surface area contributed by atoms with Crippen molar-refractivity contribution in [1.82, 2.24) is 0 Å². The van der Waals surface area contributed by atoms with Gasteiger partial charge in [0.1, 0.15) is 6.07 Å². The molecule has 9 heteroatoms. The van der Waals surface area contributed by atoms with Crippen LogP contribution in [0.1, 0.15) is 27.7 Å². The van der Waals surface area contributed by atoms with Crippen LogP contribution in [0.25, 0.3) is 0 Å². The smallest absolute Gasteiger partial charge is 0.352 e. The summed E-state index contributed by atoms with van der Waals surface area (Å²) >= 11 is 0. The minimum Gasteiger partial charge on any atom is -0.481 e. The summed E-state index contributed by atoms with van der Waals surface area (Å²) < 4.78 is 4.73. The molecule has 0 aliphatic carbocycles. The first-order valence-electron chi connectivity index (χ1n) is 5.45. The summed E-state index contributed by atoms with van der Waals surface area (Å²) in [5.74, 6) is -1.97. The van der Waals surface area contributed by atoms with Crippen LogP contribution in [0, 0.1) is 16.7 Å². The predicted octanol–water partition coefficient (Wildman–Crippen LogP) is 0.251. The average molecular weight is 286 g/mol. The highest BCUT2D eigenvalue weighted by Crippen LogP contribution is 2.12. The van der Waals surface area contributed by atoms with E-state index >= 15 is 0 Å². The summed E-state index contributed by atoms with van der Waals surface area (Å²) in [6, 6.07) is 1.57. The SMILES string of the molecule is CC(=O)O.CCOC(=O)C(C)(C)O/N=C(\C#N)C(=N)N. The van der Waals surface area contributed by atoms with Crippen LogP contribution in [-0.2, 0) is 19.2 Å². The number of hydrogen-bond donors (Lipinski definition) is 3. The molecule has 0 saturated carbocycles. The highest BCUT2D eigenvalue weighted by atomic mass is 16.7. The van der Waals surface area contributed by atoms with Crippen LogP contribution in [0.3, 0.4) is 0 Å². The summed E-state index contributed by atoms with van der Waals surface area (Å²) in [5.41, 5.74) is 3.33. The van der Waals surface area contributed by atoms with Crippen molar-refractivity contribution in [3.63, 3.8) is 0 Å². The lowest BCUT2D eigenvalue weighted by Crippen LogP contribution is -2.36. The first-order valence-corrected chi connectivity index (χ1v) is 5.45. The number of hydrogen-bond acceptors (Lipinski definition) is 7. The van der Waals surface area contributed by atoms with Crippen molar-refractivity contribution in [1.29, 1.82) is 10.7 Å². The van der Waals surface area contributed by atoms with Crippen molar-refractivity contribution in [2.75, 3.05) is 6.61 Å². The number of rotatable bonds is 5. The van der Waals surface area contributed by atoms with E-state index < -0.39 is 29.1 Å². The fourth-order valence-corrected chi connectivity index (χ4v) is 0.632. The minimum atomic E-state index is -1.33. The number of nitrogens with one attached hydrogen (secondary N) is 1. The molecule has 0 amide bonds. The Morgan fingerprint density at radius 2 is 1.95 bits per heavy atom. The van der Waals surface area contributed by atoms with Crippen LogP contribution in [0.5, 0.6) is 0 Å². The third-order valence-corrected chi connectivity index (χ3v) is 1.49. The molecule has 0 bridgehead atoms. The molecule has 0 fully saturated rings. The Bertz CT molecular complexity index is 433. The molecule has 0 unspecified atom stereocenters. The van der Waals surface area contributed by atoms with Gasteiger partial charge in [-0.25, -0.2) is 4.79 Å². The molecule has 0 rings (SSSR count). The number of amidine groups is 1. The summed E-state index contributed by atoms with van der Waals surface area (Å²) in [5, 5.41) is 26.3. The van der Waals surface area contributed by atoms with E-state index in [1.54, 1.807) is 13.0 Å². The Labute approximate surface area is 116 Å². The molecule has 0 saturated heterocycles. The quantitative estimate of drug-likeness (QED) is 0.282. The van der Waals surface area contributed by atoms with Crippen LogP contribution in [0.15, 0.2) is 5.16 Å². The van der Waals surface area contributed by atoms with Crippen LogP contribution >= 0.6 is 0 Å². The number of oxime groups is 1. The van der Waals surface area contributed by atoms with Crippen molar-refractivity contribution < 1.29 is 24.3 Å². The average Bonchev–Trinajstić information content (AvgIpc) is 2.28. The van der Waals surface area contributed by atoms with Gasteiger partial charge in [-0.1, -0.05) is 5.16 Å². The lowest BCUT2D eigenvalue weighted by atomic mass is 10.1. The molecule has 0 aromatic heterocycles. The Kier molecular flexibility index (Phi) is 9.18. The molecular formula is C11H18N4O5. The zero-order valence-corrected chi connectivity index (χ0v) is 11.8. The molecule has 0 radical (unpaired) electrons. The van der Waals surface area contributed by atoms with E-state index in [0.29, 0.717) is 0 Å². The topological polar surface area (TPSA) is 159 Å². The van der Waals surface area contributed by atoms with E-state index in [4.69, 9.17) is 35.9 Å². The second-order valence-corrected chi connectivity index (χ2v) is 3.81. The molecule has 0 heterocycles. The largest absolute Gasteiger partial charge is 0.481 e. The van der Waals surface area contributed by atoms with E-state index in [9.17, 15) is 4.79 Å². The molecule has 4 N–H and O–H groups in total. The van der Waals surface area contributed by atoms with Gasteiger partial charge in [0.05, 0.1) is 6.61 Å². The first-order chi connectivity index (χ1) is 9.08. The highest BCUT2D eigenvalue weighted by Gasteiger charge is 2.32. The van der Waals surface area contributed by atoms with Crippen LogP contribution < -0.4 is 5.73 Å². The molecule has 112 valence electrons. The lowest BCUT2D eigenvalue weighted by Gasteiger charge is -2.19. The Morgan fingerprint density at radius 1 is 1.50 bits per heavy atom. The predicted molar refractivity (Wildman–Crippen MR) is 70.1 cm³/mol. The first kappa shape index (κ1) is 19.7. The summed E-state index contributed by atoms with van der Waals surface area (Å²) in [6.45, 7) is 5.83. The molecule has 0 spiro atoms. The van der Waals surface area contributed by atoms with Crippen molar-refractivity contribution in [3.05, 3.63) is 0 Å². The second-order valence-electron chi connectivity index (χ2n) is 3.81. The van der Waals surface area contributed by atoms with Crippen molar-refractivity contribution in [3.8, 4) is 6.07 Å². The number of nitrogens with two attached hydrogens (primary N) is 1.